The number of Topliss-reactive ketones (excluding diaryl/α,β-unsaturated/α-hetero) is 1. The molecule has 0 N–H and O–H groups in total. The Hall–Kier alpha value is -3.09. The summed E-state index contributed by atoms with van der Waals surface area (Å²) in [4.78, 5) is 39.5. The first-order valence-electron chi connectivity index (χ1n) is 8.22. The van der Waals surface area contributed by atoms with Crippen molar-refractivity contribution in [3.8, 4) is 0 Å². The van der Waals surface area contributed by atoms with Crippen molar-refractivity contribution in [2.24, 2.45) is 17.0 Å². The van der Waals surface area contributed by atoms with E-state index in [4.69, 9.17) is 4.84 Å². The molecule has 136 valence electrons. The van der Waals surface area contributed by atoms with Crippen LogP contribution in [0.2, 0.25) is 0 Å². The van der Waals surface area contributed by atoms with Gasteiger partial charge in [0.1, 0.15) is 5.71 Å². The van der Waals surface area contributed by atoms with Gasteiger partial charge in [0.15, 0.2) is 5.78 Å². The van der Waals surface area contributed by atoms with Gasteiger partial charge in [0.25, 0.3) is 5.69 Å². The van der Waals surface area contributed by atoms with Gasteiger partial charge >= 0.3 is 5.97 Å². The summed E-state index contributed by atoms with van der Waals surface area (Å²) in [6.07, 6.45) is 3.23. The average molecular weight is 356 g/mol. The van der Waals surface area contributed by atoms with Gasteiger partial charge in [-0.15, -0.1) is 0 Å². The first-order chi connectivity index (χ1) is 12.2. The van der Waals surface area contributed by atoms with Gasteiger partial charge in [0.05, 0.1) is 10.5 Å². The molecule has 0 saturated carbocycles. The Labute approximate surface area is 151 Å². The molecule has 0 aromatic heterocycles. The van der Waals surface area contributed by atoms with Crippen molar-refractivity contribution < 1.29 is 19.3 Å². The number of hydrogen-bond acceptors (Lipinski definition) is 6. The van der Waals surface area contributed by atoms with Crippen molar-refractivity contribution >= 4 is 23.2 Å². The SMILES string of the molecule is CC(C)C1=CC(=NOC(=O)c2ccc([N+](=O)[O-])cc2)C=C(C(C)C)C1=O. The minimum atomic E-state index is -0.733. The third-order valence-corrected chi connectivity index (χ3v) is 3.92. The molecule has 0 aliphatic heterocycles. The molecule has 1 aliphatic rings. The van der Waals surface area contributed by atoms with Gasteiger partial charge in [0.2, 0.25) is 0 Å². The summed E-state index contributed by atoms with van der Waals surface area (Å²) in [6, 6.07) is 5.04. The number of oxime groups is 1. The zero-order valence-electron chi connectivity index (χ0n) is 15.1. The monoisotopic (exact) mass is 356 g/mol. The number of benzene rings is 1. The first kappa shape index (κ1) is 19.2. The first-order valence-corrected chi connectivity index (χ1v) is 8.22. The number of nitro benzene ring substituents is 1. The highest BCUT2D eigenvalue weighted by Crippen LogP contribution is 2.25. The van der Waals surface area contributed by atoms with Crippen molar-refractivity contribution in [1.29, 1.82) is 0 Å². The van der Waals surface area contributed by atoms with E-state index in [0.717, 1.165) is 0 Å². The van der Waals surface area contributed by atoms with Gasteiger partial charge in [-0.3, -0.25) is 14.9 Å². The number of allylic oxidation sites excluding steroid dienone is 4. The second-order valence-electron chi connectivity index (χ2n) is 6.54. The van der Waals surface area contributed by atoms with Crippen LogP contribution in [0.5, 0.6) is 0 Å². The molecule has 0 atom stereocenters. The topological polar surface area (TPSA) is 98.9 Å². The van der Waals surface area contributed by atoms with Crippen LogP contribution in [-0.4, -0.2) is 22.4 Å². The fraction of sp³-hybridized carbons (Fsp3) is 0.316. The predicted molar refractivity (Wildman–Crippen MR) is 96.8 cm³/mol. The van der Waals surface area contributed by atoms with E-state index in [0.29, 0.717) is 16.9 Å². The van der Waals surface area contributed by atoms with Gasteiger partial charge in [-0.2, -0.15) is 0 Å². The number of non-ortho nitro benzene ring substituents is 1. The molecule has 0 saturated heterocycles. The Morgan fingerprint density at radius 2 is 1.54 bits per heavy atom. The van der Waals surface area contributed by atoms with Crippen LogP contribution in [0, 0.1) is 22.0 Å². The molecule has 1 aliphatic carbocycles. The van der Waals surface area contributed by atoms with Crippen LogP contribution in [-0.2, 0) is 9.63 Å². The normalized spacial score (nSPS) is 14.2. The summed E-state index contributed by atoms with van der Waals surface area (Å²) in [5.74, 6) is -0.722. The predicted octanol–water partition coefficient (Wildman–Crippen LogP) is 3.86. The van der Waals surface area contributed by atoms with E-state index in [1.54, 1.807) is 12.2 Å². The second-order valence-corrected chi connectivity index (χ2v) is 6.54. The Balaban J connectivity index is 2.23. The number of rotatable bonds is 5. The number of nitrogens with zero attached hydrogens (tertiary/aromatic N) is 2. The van der Waals surface area contributed by atoms with Crippen LogP contribution < -0.4 is 0 Å². The smallest absolute Gasteiger partial charge is 0.312 e. The Bertz CT molecular complexity index is 800. The summed E-state index contributed by atoms with van der Waals surface area (Å²) in [5, 5.41) is 14.5. The number of hydrogen-bond donors (Lipinski definition) is 0. The van der Waals surface area contributed by atoms with Crippen LogP contribution >= 0.6 is 0 Å². The van der Waals surface area contributed by atoms with Crippen molar-refractivity contribution in [2.45, 2.75) is 27.7 Å². The Morgan fingerprint density at radius 1 is 1.04 bits per heavy atom. The molecule has 7 heteroatoms. The van der Waals surface area contributed by atoms with E-state index in [2.05, 4.69) is 5.16 Å². The van der Waals surface area contributed by atoms with Crippen LogP contribution in [0.3, 0.4) is 0 Å². The van der Waals surface area contributed by atoms with Gasteiger partial charge in [-0.05, 0) is 36.1 Å². The quantitative estimate of drug-likeness (QED) is 0.345. The fourth-order valence-electron chi connectivity index (χ4n) is 2.43. The van der Waals surface area contributed by atoms with Crippen molar-refractivity contribution in [2.75, 3.05) is 0 Å². The van der Waals surface area contributed by atoms with Crippen molar-refractivity contribution in [3.05, 3.63) is 63.2 Å². The number of carbonyl (C=O) groups is 2. The van der Waals surface area contributed by atoms with Crippen LogP contribution in [0.1, 0.15) is 38.1 Å². The lowest BCUT2D eigenvalue weighted by Crippen LogP contribution is -2.21. The minimum absolute atomic E-state index is 0.0144. The van der Waals surface area contributed by atoms with Crippen LogP contribution in [0.25, 0.3) is 0 Å². The Kier molecular flexibility index (Phi) is 5.82. The van der Waals surface area contributed by atoms with Crippen LogP contribution in [0.15, 0.2) is 52.7 Å². The van der Waals surface area contributed by atoms with Gasteiger partial charge < -0.3 is 4.84 Å². The highest BCUT2D eigenvalue weighted by atomic mass is 16.7. The summed E-state index contributed by atoms with van der Waals surface area (Å²) in [7, 11) is 0. The van der Waals surface area contributed by atoms with Crippen LogP contribution in [0.4, 0.5) is 5.69 Å². The molecule has 2 rings (SSSR count). The lowest BCUT2D eigenvalue weighted by molar-refractivity contribution is -0.384. The zero-order chi connectivity index (χ0) is 19.4. The Morgan fingerprint density at radius 3 is 1.96 bits per heavy atom. The van der Waals surface area contributed by atoms with E-state index in [1.165, 1.54) is 24.3 Å². The van der Waals surface area contributed by atoms with E-state index >= 15 is 0 Å². The maximum atomic E-state index is 12.4. The summed E-state index contributed by atoms with van der Waals surface area (Å²) in [6.45, 7) is 7.64. The van der Waals surface area contributed by atoms with Gasteiger partial charge in [0, 0.05) is 23.3 Å². The maximum absolute atomic E-state index is 12.4. The molecule has 0 bridgehead atoms. The molecule has 1 aromatic carbocycles. The number of ketones is 1. The lowest BCUT2D eigenvalue weighted by Gasteiger charge is -2.19. The van der Waals surface area contributed by atoms with E-state index in [1.807, 2.05) is 27.7 Å². The number of carbonyl (C=O) groups excluding carboxylic acids is 2. The lowest BCUT2D eigenvalue weighted by atomic mass is 9.84. The summed E-state index contributed by atoms with van der Waals surface area (Å²) in [5.41, 5.74) is 1.63. The summed E-state index contributed by atoms with van der Waals surface area (Å²) < 4.78 is 0. The molecule has 26 heavy (non-hydrogen) atoms. The molecule has 0 amide bonds. The molecule has 1 aromatic rings. The van der Waals surface area contributed by atoms with Crippen molar-refractivity contribution in [3.63, 3.8) is 0 Å². The van der Waals surface area contributed by atoms with Gasteiger partial charge in [-0.25, -0.2) is 4.79 Å². The van der Waals surface area contributed by atoms with E-state index < -0.39 is 10.9 Å². The molecule has 0 heterocycles. The summed E-state index contributed by atoms with van der Waals surface area (Å²) >= 11 is 0. The second kappa shape index (κ2) is 7.86. The molecule has 0 fully saturated rings. The maximum Gasteiger partial charge on any atom is 0.365 e. The molecule has 0 radical (unpaired) electrons. The van der Waals surface area contributed by atoms with E-state index in [-0.39, 0.29) is 28.9 Å². The third kappa shape index (κ3) is 4.30. The van der Waals surface area contributed by atoms with Crippen molar-refractivity contribution in [1.82, 2.24) is 0 Å². The average Bonchev–Trinajstić information content (AvgIpc) is 2.60. The zero-order valence-corrected chi connectivity index (χ0v) is 15.1. The highest BCUT2D eigenvalue weighted by molar-refractivity contribution is 6.22. The molecular weight excluding hydrogens is 336 g/mol. The molecule has 7 nitrogen and oxygen atoms in total. The fourth-order valence-corrected chi connectivity index (χ4v) is 2.43. The van der Waals surface area contributed by atoms with E-state index in [9.17, 15) is 19.7 Å². The molecule has 0 unspecified atom stereocenters. The number of nitro groups is 1. The largest absolute Gasteiger partial charge is 0.365 e. The third-order valence-electron chi connectivity index (χ3n) is 3.92. The highest BCUT2D eigenvalue weighted by Gasteiger charge is 2.25. The van der Waals surface area contributed by atoms with Gasteiger partial charge in [-0.1, -0.05) is 32.9 Å². The molecule has 0 spiro atoms. The standard InChI is InChI=1S/C19H20N2O5/c1-11(2)16-9-14(10-17(12(3)4)18(16)22)20-26-19(23)13-5-7-15(8-6-13)21(24)25/h5-12H,1-4H3. The minimum Gasteiger partial charge on any atom is -0.312 e. The molecular formula is C19H20N2O5.